The lowest BCUT2D eigenvalue weighted by Crippen LogP contribution is -2.43. The molecule has 1 aliphatic rings. The van der Waals surface area contributed by atoms with Gasteiger partial charge in [-0.1, -0.05) is 36.4 Å². The molecular formula is C19H22N2O3. The number of fused-ring (bicyclic) bond motifs is 1. The van der Waals surface area contributed by atoms with Gasteiger partial charge in [-0.3, -0.25) is 14.5 Å². The predicted molar refractivity (Wildman–Crippen MR) is 92.7 cm³/mol. The number of nitrogens with zero attached hydrogens (tertiary/aromatic N) is 1. The Hall–Kier alpha value is -2.40. The molecule has 1 saturated heterocycles. The van der Waals surface area contributed by atoms with Gasteiger partial charge in [-0.25, -0.2) is 0 Å². The van der Waals surface area contributed by atoms with Gasteiger partial charge in [0.1, 0.15) is 6.04 Å². The van der Waals surface area contributed by atoms with Gasteiger partial charge in [-0.05, 0) is 48.7 Å². The highest BCUT2D eigenvalue weighted by Crippen LogP contribution is 2.21. The van der Waals surface area contributed by atoms with Crippen LogP contribution < -0.4 is 5.32 Å². The summed E-state index contributed by atoms with van der Waals surface area (Å²) in [7, 11) is 0. The van der Waals surface area contributed by atoms with Crippen molar-refractivity contribution in [2.75, 3.05) is 13.1 Å². The van der Waals surface area contributed by atoms with Crippen LogP contribution >= 0.6 is 0 Å². The normalized spacial score (nSPS) is 19.3. The van der Waals surface area contributed by atoms with Crippen molar-refractivity contribution in [2.24, 2.45) is 0 Å². The highest BCUT2D eigenvalue weighted by molar-refractivity contribution is 5.84. The summed E-state index contributed by atoms with van der Waals surface area (Å²) in [6, 6.07) is 13.6. The fourth-order valence-electron chi connectivity index (χ4n) is 3.33. The molecule has 1 heterocycles. The van der Waals surface area contributed by atoms with Crippen LogP contribution in [0.15, 0.2) is 42.5 Å². The fraction of sp³-hybridized carbons (Fsp3) is 0.368. The topological polar surface area (TPSA) is 69.6 Å². The number of carboxylic acids is 1. The van der Waals surface area contributed by atoms with Gasteiger partial charge in [-0.15, -0.1) is 0 Å². The monoisotopic (exact) mass is 326 g/mol. The molecule has 2 aromatic carbocycles. The fourth-order valence-corrected chi connectivity index (χ4v) is 3.33. The van der Waals surface area contributed by atoms with E-state index < -0.39 is 12.0 Å². The second-order valence-corrected chi connectivity index (χ2v) is 6.36. The van der Waals surface area contributed by atoms with E-state index >= 15 is 0 Å². The number of nitrogens with one attached hydrogen (secondary N) is 1. The van der Waals surface area contributed by atoms with E-state index in [4.69, 9.17) is 0 Å². The van der Waals surface area contributed by atoms with E-state index in [1.165, 1.54) is 5.39 Å². The molecular weight excluding hydrogens is 304 g/mol. The van der Waals surface area contributed by atoms with Crippen LogP contribution in [0.3, 0.4) is 0 Å². The van der Waals surface area contributed by atoms with Crippen molar-refractivity contribution in [1.82, 2.24) is 10.2 Å². The molecule has 2 aromatic rings. The smallest absolute Gasteiger partial charge is 0.320 e. The molecule has 0 radical (unpaired) electrons. The number of likely N-dealkylation sites (tertiary alicyclic amines) is 1. The quantitative estimate of drug-likeness (QED) is 0.886. The van der Waals surface area contributed by atoms with Crippen LogP contribution in [0.4, 0.5) is 0 Å². The Bertz CT molecular complexity index is 759. The molecule has 1 amide bonds. The predicted octanol–water partition coefficient (Wildman–Crippen LogP) is 2.57. The summed E-state index contributed by atoms with van der Waals surface area (Å²) in [6.07, 6.45) is 1.44. The number of carbonyl (C=O) groups excluding carboxylic acids is 1. The number of hydrogen-bond donors (Lipinski definition) is 2. The lowest BCUT2D eigenvalue weighted by molar-refractivity contribution is -0.142. The summed E-state index contributed by atoms with van der Waals surface area (Å²) >= 11 is 0. The standard InChI is InChI=1S/C19H22N2O3/c1-13(15-9-8-14-5-2-3-6-16(14)11-15)20-18(22)12-21-10-4-7-17(21)19(23)24/h2-3,5-6,8-9,11,13,17H,4,7,10,12H2,1H3,(H,20,22)(H,23,24)/t13?,17-/m0/s1. The van der Waals surface area contributed by atoms with E-state index in [2.05, 4.69) is 23.5 Å². The Morgan fingerprint density at radius 3 is 2.75 bits per heavy atom. The lowest BCUT2D eigenvalue weighted by Gasteiger charge is -2.22. The lowest BCUT2D eigenvalue weighted by atomic mass is 10.0. The third-order valence-electron chi connectivity index (χ3n) is 4.65. The zero-order chi connectivity index (χ0) is 17.1. The Kier molecular flexibility index (Phi) is 4.81. The number of carboxylic acid groups (broad SMARTS) is 1. The Morgan fingerprint density at radius 2 is 2.00 bits per heavy atom. The molecule has 2 atom stereocenters. The van der Waals surface area contributed by atoms with Gasteiger partial charge in [-0.2, -0.15) is 0 Å². The van der Waals surface area contributed by atoms with Gasteiger partial charge in [0.15, 0.2) is 0 Å². The number of aliphatic carboxylic acids is 1. The average molecular weight is 326 g/mol. The van der Waals surface area contributed by atoms with Crippen molar-refractivity contribution < 1.29 is 14.7 Å². The zero-order valence-electron chi connectivity index (χ0n) is 13.7. The van der Waals surface area contributed by atoms with Gasteiger partial charge in [0.25, 0.3) is 0 Å². The van der Waals surface area contributed by atoms with Crippen LogP contribution in [-0.2, 0) is 9.59 Å². The molecule has 2 N–H and O–H groups in total. The average Bonchev–Trinajstić information content (AvgIpc) is 3.02. The van der Waals surface area contributed by atoms with Crippen LogP contribution in [0.5, 0.6) is 0 Å². The molecule has 1 unspecified atom stereocenters. The number of amides is 1. The third kappa shape index (κ3) is 3.57. The highest BCUT2D eigenvalue weighted by atomic mass is 16.4. The Labute approximate surface area is 141 Å². The summed E-state index contributed by atoms with van der Waals surface area (Å²) in [4.78, 5) is 25.2. The zero-order valence-corrected chi connectivity index (χ0v) is 13.7. The summed E-state index contributed by atoms with van der Waals surface area (Å²) in [5.41, 5.74) is 1.04. The van der Waals surface area contributed by atoms with Crippen molar-refractivity contribution in [2.45, 2.75) is 31.8 Å². The molecule has 5 nitrogen and oxygen atoms in total. The second-order valence-electron chi connectivity index (χ2n) is 6.36. The van der Waals surface area contributed by atoms with Crippen molar-refractivity contribution in [3.63, 3.8) is 0 Å². The van der Waals surface area contributed by atoms with Gasteiger partial charge in [0, 0.05) is 0 Å². The van der Waals surface area contributed by atoms with Gasteiger partial charge >= 0.3 is 5.97 Å². The molecule has 0 spiro atoms. The Balaban J connectivity index is 1.63. The van der Waals surface area contributed by atoms with Crippen LogP contribution in [0.1, 0.15) is 31.4 Å². The summed E-state index contributed by atoms with van der Waals surface area (Å²) < 4.78 is 0. The largest absolute Gasteiger partial charge is 0.480 e. The van der Waals surface area contributed by atoms with E-state index in [9.17, 15) is 14.7 Å². The van der Waals surface area contributed by atoms with Crippen molar-refractivity contribution >= 4 is 22.6 Å². The van der Waals surface area contributed by atoms with Crippen LogP contribution in [0.2, 0.25) is 0 Å². The number of hydrogen-bond acceptors (Lipinski definition) is 3. The number of rotatable bonds is 5. The van der Waals surface area contributed by atoms with Gasteiger partial charge in [0.2, 0.25) is 5.91 Å². The van der Waals surface area contributed by atoms with E-state index in [-0.39, 0.29) is 18.5 Å². The van der Waals surface area contributed by atoms with Crippen LogP contribution in [-0.4, -0.2) is 41.0 Å². The van der Waals surface area contributed by atoms with E-state index in [0.29, 0.717) is 13.0 Å². The number of benzene rings is 2. The molecule has 0 aliphatic carbocycles. The van der Waals surface area contributed by atoms with Crippen molar-refractivity contribution in [1.29, 1.82) is 0 Å². The van der Waals surface area contributed by atoms with Crippen LogP contribution in [0, 0.1) is 0 Å². The molecule has 0 saturated carbocycles. The highest BCUT2D eigenvalue weighted by Gasteiger charge is 2.31. The Morgan fingerprint density at radius 1 is 1.25 bits per heavy atom. The summed E-state index contributed by atoms with van der Waals surface area (Å²) in [5, 5.41) is 14.5. The molecule has 0 bridgehead atoms. The van der Waals surface area contributed by atoms with Crippen LogP contribution in [0.25, 0.3) is 10.8 Å². The maximum absolute atomic E-state index is 12.3. The summed E-state index contributed by atoms with van der Waals surface area (Å²) in [6.45, 7) is 2.74. The molecule has 3 rings (SSSR count). The molecule has 0 aromatic heterocycles. The maximum atomic E-state index is 12.3. The number of carbonyl (C=O) groups is 2. The molecule has 126 valence electrons. The molecule has 1 aliphatic heterocycles. The SMILES string of the molecule is CC(NC(=O)CN1CCC[C@H]1C(=O)O)c1ccc2ccccc2c1. The minimum absolute atomic E-state index is 0.118. The first-order valence-corrected chi connectivity index (χ1v) is 8.29. The van der Waals surface area contributed by atoms with Gasteiger partial charge in [0.05, 0.1) is 12.6 Å². The molecule has 1 fully saturated rings. The second kappa shape index (κ2) is 7.01. The molecule has 24 heavy (non-hydrogen) atoms. The van der Waals surface area contributed by atoms with Gasteiger partial charge < -0.3 is 10.4 Å². The minimum Gasteiger partial charge on any atom is -0.480 e. The van der Waals surface area contributed by atoms with E-state index in [1.807, 2.05) is 31.2 Å². The van der Waals surface area contributed by atoms with E-state index in [1.54, 1.807) is 4.90 Å². The first-order valence-electron chi connectivity index (χ1n) is 8.29. The van der Waals surface area contributed by atoms with E-state index in [0.717, 1.165) is 17.4 Å². The first kappa shape index (κ1) is 16.5. The summed E-state index contributed by atoms with van der Waals surface area (Å²) in [5.74, 6) is -0.980. The first-order chi connectivity index (χ1) is 11.5. The molecule has 5 heteroatoms. The van der Waals surface area contributed by atoms with Crippen molar-refractivity contribution in [3.05, 3.63) is 48.0 Å². The van der Waals surface area contributed by atoms with Crippen molar-refractivity contribution in [3.8, 4) is 0 Å². The third-order valence-corrected chi connectivity index (χ3v) is 4.65. The maximum Gasteiger partial charge on any atom is 0.320 e. The minimum atomic E-state index is -0.845.